The van der Waals surface area contributed by atoms with Crippen LogP contribution in [0.2, 0.25) is 0 Å². The summed E-state index contributed by atoms with van der Waals surface area (Å²) in [5, 5.41) is 0. The van der Waals surface area contributed by atoms with E-state index in [2.05, 4.69) is 16.0 Å². The second-order valence-corrected chi connectivity index (χ2v) is 3.44. The molecule has 2 rings (SSSR count). The van der Waals surface area contributed by atoms with E-state index in [4.69, 9.17) is 0 Å². The number of aryl methyl sites for hydroxylation is 1. The summed E-state index contributed by atoms with van der Waals surface area (Å²) >= 11 is 1.65. The Morgan fingerprint density at radius 3 is 3.00 bits per heavy atom. The number of aromatic nitrogens is 2. The zero-order valence-electron chi connectivity index (χ0n) is 6.69. The Labute approximate surface area is 74.9 Å². The second kappa shape index (κ2) is 3.03. The summed E-state index contributed by atoms with van der Waals surface area (Å²) < 4.78 is 0. The Hall–Kier alpha value is -1.22. The third kappa shape index (κ3) is 1.36. The minimum Gasteiger partial charge on any atom is -0.262 e. The molecule has 0 aliphatic carbocycles. The van der Waals surface area contributed by atoms with Gasteiger partial charge in [0.2, 0.25) is 0 Å². The molecule has 0 spiro atoms. The van der Waals surface area contributed by atoms with Crippen LogP contribution in [0.25, 0.3) is 10.4 Å². The van der Waals surface area contributed by atoms with Gasteiger partial charge in [-0.3, -0.25) is 9.97 Å². The van der Waals surface area contributed by atoms with Crippen LogP contribution in [0, 0.1) is 6.92 Å². The van der Waals surface area contributed by atoms with Crippen LogP contribution in [-0.4, -0.2) is 9.97 Å². The van der Waals surface area contributed by atoms with Crippen LogP contribution < -0.4 is 0 Å². The molecule has 2 aromatic rings. The Morgan fingerprint density at radius 1 is 1.42 bits per heavy atom. The minimum atomic E-state index is 1.04. The van der Waals surface area contributed by atoms with Crippen LogP contribution in [0.5, 0.6) is 0 Å². The highest BCUT2D eigenvalue weighted by molar-refractivity contribution is 7.13. The Morgan fingerprint density at radius 2 is 2.33 bits per heavy atom. The average molecular weight is 176 g/mol. The molecule has 0 fully saturated rings. The molecule has 0 aliphatic rings. The second-order valence-electron chi connectivity index (χ2n) is 2.55. The first-order valence-electron chi connectivity index (χ1n) is 3.68. The van der Waals surface area contributed by atoms with E-state index in [1.165, 1.54) is 10.4 Å². The van der Waals surface area contributed by atoms with Crippen LogP contribution >= 0.6 is 11.3 Å². The Balaban J connectivity index is 2.48. The Kier molecular flexibility index (Phi) is 1.87. The molecule has 2 nitrogen and oxygen atoms in total. The van der Waals surface area contributed by atoms with Crippen molar-refractivity contribution in [1.29, 1.82) is 0 Å². The van der Waals surface area contributed by atoms with Crippen LogP contribution in [0.1, 0.15) is 5.69 Å². The largest absolute Gasteiger partial charge is 0.262 e. The number of nitrogens with zero attached hydrogens (tertiary/aromatic N) is 2. The van der Waals surface area contributed by atoms with Crippen molar-refractivity contribution in [3.05, 3.63) is 35.7 Å². The maximum atomic E-state index is 4.13. The van der Waals surface area contributed by atoms with Gasteiger partial charge in [0.1, 0.15) is 0 Å². The van der Waals surface area contributed by atoms with Crippen molar-refractivity contribution in [3.63, 3.8) is 0 Å². The van der Waals surface area contributed by atoms with Gasteiger partial charge in [-0.2, -0.15) is 0 Å². The predicted octanol–water partition coefficient (Wildman–Crippen LogP) is 2.51. The smallest absolute Gasteiger partial charge is 0.0797 e. The van der Waals surface area contributed by atoms with Gasteiger partial charge in [-0.1, -0.05) is 0 Å². The van der Waals surface area contributed by atoms with Crippen LogP contribution in [-0.2, 0) is 0 Å². The lowest BCUT2D eigenvalue weighted by Crippen LogP contribution is -1.79. The van der Waals surface area contributed by atoms with E-state index in [1.807, 2.05) is 30.9 Å². The number of hydrogen-bond acceptors (Lipinski definition) is 3. The van der Waals surface area contributed by atoms with Crippen molar-refractivity contribution in [2.45, 2.75) is 6.92 Å². The molecule has 0 radical (unpaired) electrons. The lowest BCUT2D eigenvalue weighted by atomic mass is 10.2. The van der Waals surface area contributed by atoms with Crippen molar-refractivity contribution < 1.29 is 0 Å². The fraction of sp³-hybridized carbons (Fsp3) is 0.111. The summed E-state index contributed by atoms with van der Waals surface area (Å²) in [6.45, 7) is 1.99. The number of hydrogen-bond donors (Lipinski definition) is 0. The van der Waals surface area contributed by atoms with E-state index in [9.17, 15) is 0 Å². The van der Waals surface area contributed by atoms with E-state index in [0.29, 0.717) is 0 Å². The van der Waals surface area contributed by atoms with E-state index >= 15 is 0 Å². The van der Waals surface area contributed by atoms with Gasteiger partial charge in [-0.25, -0.2) is 0 Å². The highest BCUT2D eigenvalue weighted by atomic mass is 32.1. The fourth-order valence-electron chi connectivity index (χ4n) is 1.06. The molecule has 0 aromatic carbocycles. The van der Waals surface area contributed by atoms with Crippen molar-refractivity contribution in [1.82, 2.24) is 9.97 Å². The summed E-state index contributed by atoms with van der Waals surface area (Å²) in [7, 11) is 0. The summed E-state index contributed by atoms with van der Waals surface area (Å²) in [6, 6.07) is 4.06. The zero-order valence-corrected chi connectivity index (χ0v) is 7.51. The minimum absolute atomic E-state index is 1.04. The molecule has 0 saturated carbocycles. The topological polar surface area (TPSA) is 25.8 Å². The van der Waals surface area contributed by atoms with Gasteiger partial charge in [0.05, 0.1) is 10.4 Å². The molecule has 12 heavy (non-hydrogen) atoms. The number of pyridine rings is 1. The first-order valence-corrected chi connectivity index (χ1v) is 4.56. The summed E-state index contributed by atoms with van der Waals surface area (Å²) in [5.41, 5.74) is 4.08. The van der Waals surface area contributed by atoms with E-state index in [-0.39, 0.29) is 0 Å². The summed E-state index contributed by atoms with van der Waals surface area (Å²) in [4.78, 5) is 9.36. The first kappa shape index (κ1) is 7.43. The molecule has 0 N–H and O–H groups in total. The molecular formula is C9H8N2S. The lowest BCUT2D eigenvalue weighted by molar-refractivity contribution is 1.20. The van der Waals surface area contributed by atoms with Gasteiger partial charge >= 0.3 is 0 Å². The molecule has 0 aliphatic heterocycles. The number of rotatable bonds is 1. The maximum absolute atomic E-state index is 4.13. The van der Waals surface area contributed by atoms with Crippen LogP contribution in [0.4, 0.5) is 0 Å². The molecule has 2 heterocycles. The molecule has 0 atom stereocenters. The van der Waals surface area contributed by atoms with E-state index in [0.717, 1.165) is 5.69 Å². The van der Waals surface area contributed by atoms with Crippen LogP contribution in [0.3, 0.4) is 0 Å². The molecule has 0 unspecified atom stereocenters. The molecule has 3 heteroatoms. The third-order valence-electron chi connectivity index (χ3n) is 1.61. The fourth-order valence-corrected chi connectivity index (χ4v) is 1.68. The third-order valence-corrected chi connectivity index (χ3v) is 2.44. The molecule has 2 aromatic heterocycles. The van der Waals surface area contributed by atoms with Crippen LogP contribution in [0.15, 0.2) is 30.0 Å². The SMILES string of the molecule is Cc1cc(-c2cncs2)ccn1. The number of thiazole rings is 1. The lowest BCUT2D eigenvalue weighted by Gasteiger charge is -1.96. The van der Waals surface area contributed by atoms with Crippen molar-refractivity contribution in [3.8, 4) is 10.4 Å². The predicted molar refractivity (Wildman–Crippen MR) is 50.1 cm³/mol. The van der Waals surface area contributed by atoms with Gasteiger partial charge in [-0.15, -0.1) is 11.3 Å². The Bertz CT molecular complexity index is 368. The highest BCUT2D eigenvalue weighted by Gasteiger charge is 1.98. The normalized spacial score (nSPS) is 10.1. The molecule has 60 valence electrons. The zero-order chi connectivity index (χ0) is 8.39. The van der Waals surface area contributed by atoms with E-state index in [1.54, 1.807) is 11.3 Å². The first-order chi connectivity index (χ1) is 5.86. The molecule has 0 bridgehead atoms. The average Bonchev–Trinajstić information content (AvgIpc) is 2.56. The van der Waals surface area contributed by atoms with Gasteiger partial charge < -0.3 is 0 Å². The highest BCUT2D eigenvalue weighted by Crippen LogP contribution is 2.22. The summed E-state index contributed by atoms with van der Waals surface area (Å²) in [6.07, 6.45) is 3.70. The standard InChI is InChI=1S/C9H8N2S/c1-7-4-8(2-3-11-7)9-5-10-6-12-9/h2-6H,1H3. The summed E-state index contributed by atoms with van der Waals surface area (Å²) in [5.74, 6) is 0. The van der Waals surface area contributed by atoms with E-state index < -0.39 is 0 Å². The monoisotopic (exact) mass is 176 g/mol. The quantitative estimate of drug-likeness (QED) is 0.667. The van der Waals surface area contributed by atoms with Gasteiger partial charge in [0.15, 0.2) is 0 Å². The van der Waals surface area contributed by atoms with Crippen molar-refractivity contribution in [2.75, 3.05) is 0 Å². The molecule has 0 amide bonds. The maximum Gasteiger partial charge on any atom is 0.0797 e. The molecular weight excluding hydrogens is 168 g/mol. The van der Waals surface area contributed by atoms with Crippen molar-refractivity contribution >= 4 is 11.3 Å². The molecule has 0 saturated heterocycles. The van der Waals surface area contributed by atoms with Gasteiger partial charge in [0, 0.05) is 18.1 Å². The van der Waals surface area contributed by atoms with Gasteiger partial charge in [0.25, 0.3) is 0 Å². The van der Waals surface area contributed by atoms with Crippen molar-refractivity contribution in [2.24, 2.45) is 0 Å². The van der Waals surface area contributed by atoms with Gasteiger partial charge in [-0.05, 0) is 24.6 Å².